The number of likely N-dealkylation sites (tertiary alicyclic amines) is 1. The standard InChI is InChI=1S/C19H19BrN4O.ClH/c1-23-10-7-15-17(23)16(19(25)24-8-2-3-9-24)12-21-18(15)22-14-6-4-5-13(20)11-14;/h4-7,10-12H,2-3,8-9H2,1H3,(H,21,22);1H. The predicted octanol–water partition coefficient (Wildman–Crippen LogP) is 4.74. The summed E-state index contributed by atoms with van der Waals surface area (Å²) in [6.07, 6.45) is 5.83. The van der Waals surface area contributed by atoms with Gasteiger partial charge in [-0.25, -0.2) is 4.98 Å². The Balaban J connectivity index is 0.00000196. The number of hydrogen-bond donors (Lipinski definition) is 1. The van der Waals surface area contributed by atoms with Crippen molar-refractivity contribution in [2.45, 2.75) is 12.8 Å². The molecular formula is C19H20BrClN4O. The van der Waals surface area contributed by atoms with E-state index in [1.54, 1.807) is 6.20 Å². The molecule has 0 saturated carbocycles. The fourth-order valence-electron chi connectivity index (χ4n) is 3.37. The highest BCUT2D eigenvalue weighted by Gasteiger charge is 2.23. The maximum absolute atomic E-state index is 12.9. The molecule has 5 nitrogen and oxygen atoms in total. The molecule has 1 aliphatic heterocycles. The number of halogens is 2. The van der Waals surface area contributed by atoms with Gasteiger partial charge in [0.05, 0.1) is 11.1 Å². The summed E-state index contributed by atoms with van der Waals surface area (Å²) in [4.78, 5) is 19.3. The zero-order valence-electron chi connectivity index (χ0n) is 14.4. The number of fused-ring (bicyclic) bond motifs is 1. The van der Waals surface area contributed by atoms with Gasteiger partial charge in [-0.15, -0.1) is 12.4 Å². The van der Waals surface area contributed by atoms with Gasteiger partial charge in [-0.05, 0) is 37.1 Å². The van der Waals surface area contributed by atoms with Crippen LogP contribution in [0.15, 0.2) is 47.2 Å². The first-order chi connectivity index (χ1) is 12.1. The molecule has 2 aromatic heterocycles. The Kier molecular flexibility index (Phi) is 5.53. The number of carbonyl (C=O) groups excluding carboxylic acids is 1. The Bertz CT molecular complexity index is 950. The van der Waals surface area contributed by atoms with Crippen LogP contribution in [0.1, 0.15) is 23.2 Å². The van der Waals surface area contributed by atoms with Crippen LogP contribution in [0.5, 0.6) is 0 Å². The number of aromatic nitrogens is 2. The van der Waals surface area contributed by atoms with Gasteiger partial charge < -0.3 is 14.8 Å². The van der Waals surface area contributed by atoms with Crippen LogP contribution < -0.4 is 5.32 Å². The molecule has 0 aliphatic carbocycles. The Morgan fingerprint density at radius 3 is 2.73 bits per heavy atom. The molecule has 1 fully saturated rings. The molecular weight excluding hydrogens is 416 g/mol. The lowest BCUT2D eigenvalue weighted by Gasteiger charge is -2.17. The van der Waals surface area contributed by atoms with Crippen molar-refractivity contribution in [2.24, 2.45) is 7.05 Å². The molecule has 1 aliphatic rings. The molecule has 0 radical (unpaired) electrons. The largest absolute Gasteiger partial charge is 0.350 e. The number of nitrogens with zero attached hydrogens (tertiary/aromatic N) is 3. The van der Waals surface area contributed by atoms with Gasteiger partial charge in [0.2, 0.25) is 0 Å². The average Bonchev–Trinajstić information content (AvgIpc) is 3.25. The number of aryl methyl sites for hydroxylation is 1. The molecule has 1 saturated heterocycles. The molecule has 4 rings (SSSR count). The third-order valence-corrected chi connectivity index (χ3v) is 5.11. The number of amides is 1. The first-order valence-corrected chi connectivity index (χ1v) is 9.19. The molecule has 3 aromatic rings. The summed E-state index contributed by atoms with van der Waals surface area (Å²) in [5.74, 6) is 0.831. The molecule has 1 amide bonds. The van der Waals surface area contributed by atoms with E-state index in [1.807, 2.05) is 53.0 Å². The van der Waals surface area contributed by atoms with Gasteiger partial charge in [0.25, 0.3) is 5.91 Å². The van der Waals surface area contributed by atoms with E-state index >= 15 is 0 Å². The van der Waals surface area contributed by atoms with Crippen molar-refractivity contribution in [1.82, 2.24) is 14.5 Å². The van der Waals surface area contributed by atoms with Gasteiger partial charge in [-0.2, -0.15) is 0 Å². The van der Waals surface area contributed by atoms with Crippen LogP contribution in [0.3, 0.4) is 0 Å². The number of anilines is 2. The second-order valence-corrected chi connectivity index (χ2v) is 7.26. The number of carbonyl (C=O) groups is 1. The van der Waals surface area contributed by atoms with Crippen LogP contribution in [0.25, 0.3) is 10.9 Å². The Morgan fingerprint density at radius 1 is 1.23 bits per heavy atom. The summed E-state index contributed by atoms with van der Waals surface area (Å²) in [5.41, 5.74) is 2.54. The summed E-state index contributed by atoms with van der Waals surface area (Å²) in [6, 6.07) is 9.95. The van der Waals surface area contributed by atoms with E-state index in [-0.39, 0.29) is 18.3 Å². The highest BCUT2D eigenvalue weighted by atomic mass is 79.9. The van der Waals surface area contributed by atoms with Gasteiger partial charge in [0, 0.05) is 48.1 Å². The topological polar surface area (TPSA) is 50.2 Å². The summed E-state index contributed by atoms with van der Waals surface area (Å²) in [6.45, 7) is 1.67. The van der Waals surface area contributed by atoms with Crippen LogP contribution in [-0.2, 0) is 7.05 Å². The molecule has 0 spiro atoms. The molecule has 0 unspecified atom stereocenters. The third kappa shape index (κ3) is 3.44. The lowest BCUT2D eigenvalue weighted by molar-refractivity contribution is 0.0794. The zero-order chi connectivity index (χ0) is 17.4. The van der Waals surface area contributed by atoms with E-state index < -0.39 is 0 Å². The van der Waals surface area contributed by atoms with Crippen molar-refractivity contribution in [2.75, 3.05) is 18.4 Å². The minimum atomic E-state index is 0. The van der Waals surface area contributed by atoms with Crippen molar-refractivity contribution < 1.29 is 4.79 Å². The number of rotatable bonds is 3. The van der Waals surface area contributed by atoms with E-state index in [1.165, 1.54) is 0 Å². The second kappa shape index (κ2) is 7.68. The van der Waals surface area contributed by atoms with E-state index in [9.17, 15) is 4.79 Å². The minimum absolute atomic E-state index is 0. The summed E-state index contributed by atoms with van der Waals surface area (Å²) in [5, 5.41) is 4.31. The maximum Gasteiger partial charge on any atom is 0.257 e. The Morgan fingerprint density at radius 2 is 2.00 bits per heavy atom. The van der Waals surface area contributed by atoms with Crippen LogP contribution in [0.2, 0.25) is 0 Å². The van der Waals surface area contributed by atoms with Crippen molar-refractivity contribution in [3.8, 4) is 0 Å². The van der Waals surface area contributed by atoms with Crippen molar-refractivity contribution in [3.63, 3.8) is 0 Å². The Labute approximate surface area is 166 Å². The van der Waals surface area contributed by atoms with Crippen LogP contribution in [0, 0.1) is 0 Å². The summed E-state index contributed by atoms with van der Waals surface area (Å²) < 4.78 is 2.99. The summed E-state index contributed by atoms with van der Waals surface area (Å²) >= 11 is 3.48. The molecule has 0 atom stereocenters. The van der Waals surface area contributed by atoms with Gasteiger partial charge in [0.1, 0.15) is 5.82 Å². The van der Waals surface area contributed by atoms with Crippen LogP contribution >= 0.6 is 28.3 Å². The van der Waals surface area contributed by atoms with Gasteiger partial charge in [0.15, 0.2) is 0 Å². The molecule has 1 N–H and O–H groups in total. The fourth-order valence-corrected chi connectivity index (χ4v) is 3.76. The van der Waals surface area contributed by atoms with E-state index in [2.05, 4.69) is 26.2 Å². The maximum atomic E-state index is 12.9. The van der Waals surface area contributed by atoms with Crippen molar-refractivity contribution >= 4 is 56.7 Å². The third-order valence-electron chi connectivity index (χ3n) is 4.62. The molecule has 136 valence electrons. The highest BCUT2D eigenvalue weighted by molar-refractivity contribution is 9.10. The summed E-state index contributed by atoms with van der Waals surface area (Å²) in [7, 11) is 1.96. The molecule has 7 heteroatoms. The van der Waals surface area contributed by atoms with Gasteiger partial charge in [-0.1, -0.05) is 22.0 Å². The molecule has 1 aromatic carbocycles. The SMILES string of the molecule is Cl.Cn1ccc2c(Nc3cccc(Br)c3)ncc(C(=O)N3CCCC3)c21. The minimum Gasteiger partial charge on any atom is -0.350 e. The zero-order valence-corrected chi connectivity index (χ0v) is 16.8. The lowest BCUT2D eigenvalue weighted by atomic mass is 10.1. The van der Waals surface area contributed by atoms with Gasteiger partial charge in [-0.3, -0.25) is 4.79 Å². The molecule has 3 heterocycles. The normalized spacial score (nSPS) is 13.7. The second-order valence-electron chi connectivity index (χ2n) is 6.34. The monoisotopic (exact) mass is 434 g/mol. The quantitative estimate of drug-likeness (QED) is 0.646. The number of nitrogens with one attached hydrogen (secondary N) is 1. The van der Waals surface area contributed by atoms with E-state index in [0.717, 1.165) is 52.8 Å². The number of pyridine rings is 1. The smallest absolute Gasteiger partial charge is 0.257 e. The fraction of sp³-hybridized carbons (Fsp3) is 0.263. The van der Waals surface area contributed by atoms with Crippen LogP contribution in [-0.4, -0.2) is 33.4 Å². The molecule has 0 bridgehead atoms. The predicted molar refractivity (Wildman–Crippen MR) is 111 cm³/mol. The highest BCUT2D eigenvalue weighted by Crippen LogP contribution is 2.29. The number of hydrogen-bond acceptors (Lipinski definition) is 3. The first-order valence-electron chi connectivity index (χ1n) is 8.39. The number of benzene rings is 1. The average molecular weight is 436 g/mol. The Hall–Kier alpha value is -2.05. The van der Waals surface area contributed by atoms with Gasteiger partial charge >= 0.3 is 0 Å². The van der Waals surface area contributed by atoms with Crippen molar-refractivity contribution in [3.05, 3.63) is 52.8 Å². The molecule has 26 heavy (non-hydrogen) atoms. The van der Waals surface area contributed by atoms with Crippen LogP contribution in [0.4, 0.5) is 11.5 Å². The first kappa shape index (κ1) is 18.7. The van der Waals surface area contributed by atoms with E-state index in [4.69, 9.17) is 0 Å². The van der Waals surface area contributed by atoms with E-state index in [0.29, 0.717) is 5.56 Å². The van der Waals surface area contributed by atoms with Crippen molar-refractivity contribution in [1.29, 1.82) is 0 Å². The lowest BCUT2D eigenvalue weighted by Crippen LogP contribution is -2.28.